The number of aliphatic hydroxyl groups excluding tert-OH is 1. The maximum Gasteiger partial charge on any atom is 0.303 e. The molecule has 0 aliphatic carbocycles. The second-order valence-corrected chi connectivity index (χ2v) is 9.32. The number of carboxylic acid groups (broad SMARTS) is 1. The highest BCUT2D eigenvalue weighted by atomic mass is 16.5. The molecule has 3 aromatic rings. The number of aryl methyl sites for hydroxylation is 1. The molecular weight excluding hydrogens is 432 g/mol. The van der Waals surface area contributed by atoms with Gasteiger partial charge >= 0.3 is 5.97 Å². The number of carboxylic acids is 1. The molecule has 2 N–H and O–H groups in total. The summed E-state index contributed by atoms with van der Waals surface area (Å²) < 4.78 is 10.5. The number of fused-ring (bicyclic) bond motifs is 1. The van der Waals surface area contributed by atoms with Crippen molar-refractivity contribution >= 4 is 16.9 Å². The zero-order valence-electron chi connectivity index (χ0n) is 19.7. The minimum atomic E-state index is -0.747. The van der Waals surface area contributed by atoms with Gasteiger partial charge in [0.2, 0.25) is 0 Å². The first kappa shape index (κ1) is 24.2. The Morgan fingerprint density at radius 1 is 1.29 bits per heavy atom. The molecule has 2 aromatic heterocycles. The minimum Gasteiger partial charge on any atom is -0.497 e. The van der Waals surface area contributed by atoms with E-state index >= 15 is 0 Å². The number of ether oxygens (including phenoxy) is 1. The number of likely N-dealkylation sites (tertiary alicyclic amines) is 1. The Bertz CT molecular complexity index is 1070. The van der Waals surface area contributed by atoms with Crippen LogP contribution in [0.3, 0.4) is 0 Å². The second-order valence-electron chi connectivity index (χ2n) is 9.32. The molecule has 182 valence electrons. The van der Waals surface area contributed by atoms with Crippen LogP contribution in [-0.4, -0.2) is 52.8 Å². The van der Waals surface area contributed by atoms with Gasteiger partial charge in [-0.3, -0.25) is 9.78 Å². The van der Waals surface area contributed by atoms with E-state index in [-0.39, 0.29) is 12.3 Å². The molecule has 0 radical (unpaired) electrons. The van der Waals surface area contributed by atoms with Crippen LogP contribution < -0.4 is 4.74 Å². The van der Waals surface area contributed by atoms with Gasteiger partial charge in [0.25, 0.3) is 0 Å². The highest BCUT2D eigenvalue weighted by Gasteiger charge is 2.31. The third-order valence-electron chi connectivity index (χ3n) is 7.08. The van der Waals surface area contributed by atoms with Crippen molar-refractivity contribution in [2.75, 3.05) is 26.7 Å². The number of aliphatic hydroxyl groups is 1. The number of hydrogen-bond donors (Lipinski definition) is 2. The van der Waals surface area contributed by atoms with Crippen LogP contribution in [0, 0.1) is 11.8 Å². The molecule has 7 heteroatoms. The SMILES string of the molecule is COc1ccc2nccc([C@H](O)CC[C@@H]3CCN(CCCc4ccoc4)C[C@@H]3CC(=O)O)c2c1. The van der Waals surface area contributed by atoms with Gasteiger partial charge in [0.05, 0.1) is 31.3 Å². The number of rotatable bonds is 11. The summed E-state index contributed by atoms with van der Waals surface area (Å²) in [4.78, 5) is 18.4. The fraction of sp³-hybridized carbons (Fsp3) is 0.481. The molecule has 0 saturated carbocycles. The van der Waals surface area contributed by atoms with Crippen molar-refractivity contribution in [2.45, 2.75) is 44.6 Å². The van der Waals surface area contributed by atoms with Gasteiger partial charge in [-0.15, -0.1) is 0 Å². The number of nitrogens with zero attached hydrogens (tertiary/aromatic N) is 2. The summed E-state index contributed by atoms with van der Waals surface area (Å²) in [7, 11) is 1.63. The van der Waals surface area contributed by atoms with Crippen molar-refractivity contribution in [3.8, 4) is 5.75 Å². The minimum absolute atomic E-state index is 0.0988. The lowest BCUT2D eigenvalue weighted by Gasteiger charge is -2.38. The summed E-state index contributed by atoms with van der Waals surface area (Å²) in [6, 6.07) is 9.54. The normalized spacial score (nSPS) is 19.8. The second kappa shape index (κ2) is 11.5. The number of aliphatic carboxylic acids is 1. The number of piperidine rings is 1. The molecule has 1 saturated heterocycles. The van der Waals surface area contributed by atoms with Crippen LogP contribution in [0.2, 0.25) is 0 Å². The molecule has 1 fully saturated rings. The molecule has 1 aliphatic rings. The fourth-order valence-electron chi connectivity index (χ4n) is 5.23. The fourth-order valence-corrected chi connectivity index (χ4v) is 5.23. The molecule has 1 aliphatic heterocycles. The lowest BCUT2D eigenvalue weighted by molar-refractivity contribution is -0.139. The van der Waals surface area contributed by atoms with Gasteiger partial charge in [0.1, 0.15) is 5.75 Å². The smallest absolute Gasteiger partial charge is 0.303 e. The predicted molar refractivity (Wildman–Crippen MR) is 130 cm³/mol. The zero-order valence-corrected chi connectivity index (χ0v) is 19.7. The van der Waals surface area contributed by atoms with Crippen molar-refractivity contribution in [3.05, 3.63) is 60.2 Å². The van der Waals surface area contributed by atoms with Crippen LogP contribution in [0.15, 0.2) is 53.5 Å². The average Bonchev–Trinajstić information content (AvgIpc) is 3.36. The summed E-state index contributed by atoms with van der Waals surface area (Å²) in [5.41, 5.74) is 2.87. The monoisotopic (exact) mass is 466 g/mol. The standard InChI is InChI=1S/C27H34N2O5/c1-33-22-5-6-25-24(16-22)23(8-11-28-25)26(30)7-4-20-9-13-29(17-21(20)15-27(31)32)12-2-3-19-10-14-34-18-19/h5-6,8,10-11,14,16,18,20-21,26,30H,2-4,7,9,12-13,15,17H2,1H3,(H,31,32)/t20-,21+,26-/m1/s1. The van der Waals surface area contributed by atoms with E-state index in [4.69, 9.17) is 9.15 Å². The van der Waals surface area contributed by atoms with E-state index in [1.165, 1.54) is 5.56 Å². The van der Waals surface area contributed by atoms with Crippen LogP contribution in [0.5, 0.6) is 5.75 Å². The Labute approximate surface area is 200 Å². The van der Waals surface area contributed by atoms with E-state index in [9.17, 15) is 15.0 Å². The van der Waals surface area contributed by atoms with E-state index in [0.29, 0.717) is 12.3 Å². The number of benzene rings is 1. The molecule has 3 atom stereocenters. The Morgan fingerprint density at radius 3 is 2.94 bits per heavy atom. The van der Waals surface area contributed by atoms with E-state index < -0.39 is 12.1 Å². The first-order valence-corrected chi connectivity index (χ1v) is 12.1. The lowest BCUT2D eigenvalue weighted by atomic mass is 9.79. The lowest BCUT2D eigenvalue weighted by Crippen LogP contribution is -2.42. The third kappa shape index (κ3) is 6.15. The molecule has 4 rings (SSSR count). The van der Waals surface area contributed by atoms with Crippen LogP contribution >= 0.6 is 0 Å². The van der Waals surface area contributed by atoms with Crippen molar-refractivity contribution in [2.24, 2.45) is 11.8 Å². The molecule has 3 heterocycles. The summed E-state index contributed by atoms with van der Waals surface area (Å²) >= 11 is 0. The highest BCUT2D eigenvalue weighted by Crippen LogP contribution is 2.34. The van der Waals surface area contributed by atoms with Gasteiger partial charge in [0.15, 0.2) is 0 Å². The van der Waals surface area contributed by atoms with E-state index in [0.717, 1.165) is 67.5 Å². The van der Waals surface area contributed by atoms with Crippen molar-refractivity contribution < 1.29 is 24.2 Å². The quantitative estimate of drug-likeness (QED) is 0.423. The molecule has 34 heavy (non-hydrogen) atoms. The Hall–Kier alpha value is -2.90. The van der Waals surface area contributed by atoms with Gasteiger partial charge in [-0.1, -0.05) is 0 Å². The summed E-state index contributed by atoms with van der Waals surface area (Å²) in [5.74, 6) is 0.374. The van der Waals surface area contributed by atoms with Gasteiger partial charge in [-0.05, 0) is 98.5 Å². The summed E-state index contributed by atoms with van der Waals surface area (Å²) in [6.07, 6.45) is 9.11. The highest BCUT2D eigenvalue weighted by molar-refractivity contribution is 5.83. The van der Waals surface area contributed by atoms with Crippen molar-refractivity contribution in [1.82, 2.24) is 9.88 Å². The Balaban J connectivity index is 1.35. The van der Waals surface area contributed by atoms with Gasteiger partial charge in [-0.25, -0.2) is 0 Å². The van der Waals surface area contributed by atoms with Crippen LogP contribution in [0.4, 0.5) is 0 Å². The van der Waals surface area contributed by atoms with Gasteiger partial charge in [-0.2, -0.15) is 0 Å². The topological polar surface area (TPSA) is 96.0 Å². The predicted octanol–water partition coefficient (Wildman–Crippen LogP) is 4.70. The van der Waals surface area contributed by atoms with Gasteiger partial charge < -0.3 is 24.3 Å². The molecule has 0 spiro atoms. The maximum atomic E-state index is 11.6. The molecule has 0 bridgehead atoms. The van der Waals surface area contributed by atoms with Gasteiger partial charge in [0, 0.05) is 24.5 Å². The summed E-state index contributed by atoms with van der Waals surface area (Å²) in [5, 5.41) is 21.4. The number of methoxy groups -OCH3 is 1. The number of carbonyl (C=O) groups is 1. The van der Waals surface area contributed by atoms with Crippen LogP contribution in [0.1, 0.15) is 49.3 Å². The van der Waals surface area contributed by atoms with Crippen molar-refractivity contribution in [3.63, 3.8) is 0 Å². The van der Waals surface area contributed by atoms with Crippen LogP contribution in [-0.2, 0) is 11.2 Å². The number of furan rings is 1. The number of hydrogen-bond acceptors (Lipinski definition) is 6. The average molecular weight is 467 g/mol. The van der Waals surface area contributed by atoms with E-state index in [1.807, 2.05) is 30.3 Å². The van der Waals surface area contributed by atoms with Crippen LogP contribution in [0.25, 0.3) is 10.9 Å². The molecule has 0 amide bonds. The molecule has 1 aromatic carbocycles. The summed E-state index contributed by atoms with van der Waals surface area (Å²) in [6.45, 7) is 2.73. The molecule has 7 nitrogen and oxygen atoms in total. The Morgan fingerprint density at radius 2 is 2.18 bits per heavy atom. The first-order valence-electron chi connectivity index (χ1n) is 12.1. The largest absolute Gasteiger partial charge is 0.497 e. The Kier molecular flexibility index (Phi) is 8.19. The van der Waals surface area contributed by atoms with E-state index in [2.05, 4.69) is 9.88 Å². The molecular formula is C27H34N2O5. The zero-order chi connectivity index (χ0) is 23.9. The third-order valence-corrected chi connectivity index (χ3v) is 7.08. The van der Waals surface area contributed by atoms with E-state index in [1.54, 1.807) is 25.8 Å². The maximum absolute atomic E-state index is 11.6. The first-order chi connectivity index (χ1) is 16.5. The molecule has 0 unspecified atom stereocenters. The number of aromatic nitrogens is 1. The van der Waals surface area contributed by atoms with Crippen molar-refractivity contribution in [1.29, 1.82) is 0 Å². The number of pyridine rings is 1.